The van der Waals surface area contributed by atoms with Gasteiger partial charge in [-0.25, -0.2) is 0 Å². The van der Waals surface area contributed by atoms with E-state index in [2.05, 4.69) is 27.9 Å². The number of hydrogen-bond acceptors (Lipinski definition) is 2. The number of nitrogens with one attached hydrogen (secondary N) is 1. The number of nitrogens with two attached hydrogens (primary N) is 1. The molecule has 2 rings (SSSR count). The number of carbonyl (C=O) groups excluding carboxylic acids is 1. The molecule has 1 aromatic rings. The van der Waals surface area contributed by atoms with Gasteiger partial charge in [-0.15, -0.1) is 12.4 Å². The van der Waals surface area contributed by atoms with E-state index in [1.165, 1.54) is 0 Å². The summed E-state index contributed by atoms with van der Waals surface area (Å²) < 4.78 is 1.13. The van der Waals surface area contributed by atoms with Crippen LogP contribution in [0.1, 0.15) is 41.6 Å². The van der Waals surface area contributed by atoms with Gasteiger partial charge in [0.05, 0.1) is 0 Å². The van der Waals surface area contributed by atoms with Crippen molar-refractivity contribution in [2.45, 2.75) is 44.7 Å². The van der Waals surface area contributed by atoms with Gasteiger partial charge in [0.1, 0.15) is 0 Å². The summed E-state index contributed by atoms with van der Waals surface area (Å²) in [6, 6.07) is 6.45. The molecule has 0 bridgehead atoms. The standard InChI is InChI=1S/C14H19IN2O.ClH/c1-9-12(3-2-4-13(9)15)14(18)17-11-7-5-10(16)6-8-11;/h2-4,10-11H,5-8,16H2,1H3,(H,17,18);1H. The van der Waals surface area contributed by atoms with E-state index in [-0.39, 0.29) is 24.4 Å². The first-order chi connectivity index (χ1) is 8.58. The molecule has 0 atom stereocenters. The predicted octanol–water partition coefficient (Wildman–Crippen LogP) is 3.02. The molecular formula is C14H20ClIN2O. The summed E-state index contributed by atoms with van der Waals surface area (Å²) in [7, 11) is 0. The molecule has 1 saturated carbocycles. The lowest BCUT2D eigenvalue weighted by Crippen LogP contribution is -2.40. The van der Waals surface area contributed by atoms with Crippen LogP contribution < -0.4 is 11.1 Å². The molecule has 0 spiro atoms. The van der Waals surface area contributed by atoms with Crippen LogP contribution in [-0.2, 0) is 0 Å². The zero-order valence-corrected chi connectivity index (χ0v) is 14.0. The van der Waals surface area contributed by atoms with Crippen molar-refractivity contribution in [3.05, 3.63) is 32.9 Å². The van der Waals surface area contributed by atoms with Gasteiger partial charge in [-0.1, -0.05) is 6.07 Å². The maximum absolute atomic E-state index is 12.2. The van der Waals surface area contributed by atoms with Crippen molar-refractivity contribution in [2.75, 3.05) is 0 Å². The lowest BCUT2D eigenvalue weighted by Gasteiger charge is -2.27. The SMILES string of the molecule is Cc1c(I)cccc1C(=O)NC1CCC(N)CC1.Cl. The number of halogens is 2. The minimum atomic E-state index is 0. The third kappa shape index (κ3) is 4.33. The smallest absolute Gasteiger partial charge is 0.251 e. The Labute approximate surface area is 134 Å². The molecule has 1 amide bonds. The van der Waals surface area contributed by atoms with E-state index in [0.717, 1.165) is 40.4 Å². The summed E-state index contributed by atoms with van der Waals surface area (Å²) in [5, 5.41) is 3.13. The van der Waals surface area contributed by atoms with E-state index < -0.39 is 0 Å². The summed E-state index contributed by atoms with van der Waals surface area (Å²) >= 11 is 2.26. The highest BCUT2D eigenvalue weighted by Gasteiger charge is 2.21. The molecule has 1 fully saturated rings. The van der Waals surface area contributed by atoms with Crippen molar-refractivity contribution in [1.29, 1.82) is 0 Å². The molecular weight excluding hydrogens is 375 g/mol. The largest absolute Gasteiger partial charge is 0.349 e. The van der Waals surface area contributed by atoms with E-state index in [0.29, 0.717) is 6.04 Å². The van der Waals surface area contributed by atoms with Gasteiger partial charge >= 0.3 is 0 Å². The van der Waals surface area contributed by atoms with Crippen LogP contribution in [-0.4, -0.2) is 18.0 Å². The molecule has 106 valence electrons. The second-order valence-corrected chi connectivity index (χ2v) is 6.16. The fourth-order valence-corrected chi connectivity index (χ4v) is 2.88. The number of rotatable bonds is 2. The lowest BCUT2D eigenvalue weighted by molar-refractivity contribution is 0.0925. The maximum Gasteiger partial charge on any atom is 0.251 e. The summed E-state index contributed by atoms with van der Waals surface area (Å²) in [6.07, 6.45) is 4.01. The Hall–Kier alpha value is -0.330. The minimum Gasteiger partial charge on any atom is -0.349 e. The monoisotopic (exact) mass is 394 g/mol. The normalized spacial score (nSPS) is 22.5. The summed E-state index contributed by atoms with van der Waals surface area (Å²) in [6.45, 7) is 1.99. The first kappa shape index (κ1) is 16.7. The van der Waals surface area contributed by atoms with Gasteiger partial charge in [0.2, 0.25) is 0 Å². The van der Waals surface area contributed by atoms with Crippen LogP contribution in [0.3, 0.4) is 0 Å². The molecule has 3 nitrogen and oxygen atoms in total. The lowest BCUT2D eigenvalue weighted by atomic mass is 9.91. The van der Waals surface area contributed by atoms with Crippen molar-refractivity contribution < 1.29 is 4.79 Å². The van der Waals surface area contributed by atoms with Gasteiger partial charge < -0.3 is 11.1 Å². The predicted molar refractivity (Wildman–Crippen MR) is 88.8 cm³/mol. The van der Waals surface area contributed by atoms with Gasteiger partial charge in [0, 0.05) is 21.2 Å². The first-order valence-corrected chi connectivity index (χ1v) is 7.47. The molecule has 19 heavy (non-hydrogen) atoms. The fraction of sp³-hybridized carbons (Fsp3) is 0.500. The average molecular weight is 395 g/mol. The van der Waals surface area contributed by atoms with Crippen LogP contribution in [0, 0.1) is 10.5 Å². The Morgan fingerprint density at radius 1 is 1.32 bits per heavy atom. The Bertz CT molecular complexity index is 445. The Morgan fingerprint density at radius 3 is 2.58 bits per heavy atom. The van der Waals surface area contributed by atoms with Gasteiger partial charge in [-0.3, -0.25) is 4.79 Å². The Morgan fingerprint density at radius 2 is 1.95 bits per heavy atom. The molecule has 0 aromatic heterocycles. The average Bonchev–Trinajstić information content (AvgIpc) is 2.35. The molecule has 0 heterocycles. The second-order valence-electron chi connectivity index (χ2n) is 5.00. The molecule has 0 aliphatic heterocycles. The van der Waals surface area contributed by atoms with Crippen LogP contribution in [0.2, 0.25) is 0 Å². The minimum absolute atomic E-state index is 0. The summed E-state index contributed by atoms with van der Waals surface area (Å²) in [4.78, 5) is 12.2. The van der Waals surface area contributed by atoms with Crippen LogP contribution >= 0.6 is 35.0 Å². The molecule has 0 unspecified atom stereocenters. The van der Waals surface area contributed by atoms with E-state index in [9.17, 15) is 4.79 Å². The highest BCUT2D eigenvalue weighted by molar-refractivity contribution is 14.1. The Kier molecular flexibility index (Phi) is 6.56. The summed E-state index contributed by atoms with van der Waals surface area (Å²) in [5.41, 5.74) is 7.72. The van der Waals surface area contributed by atoms with Crippen LogP contribution in [0.15, 0.2) is 18.2 Å². The van der Waals surface area contributed by atoms with Crippen LogP contribution in [0.5, 0.6) is 0 Å². The van der Waals surface area contributed by atoms with E-state index in [1.807, 2.05) is 25.1 Å². The highest BCUT2D eigenvalue weighted by atomic mass is 127. The van der Waals surface area contributed by atoms with E-state index in [4.69, 9.17) is 5.73 Å². The van der Waals surface area contributed by atoms with Crippen molar-refractivity contribution in [2.24, 2.45) is 5.73 Å². The van der Waals surface area contributed by atoms with Gasteiger partial charge in [0.25, 0.3) is 5.91 Å². The topological polar surface area (TPSA) is 55.1 Å². The van der Waals surface area contributed by atoms with Crippen LogP contribution in [0.4, 0.5) is 0 Å². The molecule has 1 aromatic carbocycles. The third-order valence-corrected chi connectivity index (χ3v) is 4.79. The molecule has 0 radical (unpaired) electrons. The highest BCUT2D eigenvalue weighted by Crippen LogP contribution is 2.19. The van der Waals surface area contributed by atoms with Gasteiger partial charge in [-0.05, 0) is 72.9 Å². The zero-order valence-electron chi connectivity index (χ0n) is 11.0. The van der Waals surface area contributed by atoms with E-state index >= 15 is 0 Å². The second kappa shape index (κ2) is 7.45. The molecule has 3 N–H and O–H groups in total. The number of hydrogen-bond donors (Lipinski definition) is 2. The number of amides is 1. The molecule has 5 heteroatoms. The molecule has 1 aliphatic carbocycles. The molecule has 1 aliphatic rings. The fourth-order valence-electron chi connectivity index (χ4n) is 2.38. The van der Waals surface area contributed by atoms with Crippen molar-refractivity contribution in [1.82, 2.24) is 5.32 Å². The quantitative estimate of drug-likeness (QED) is 0.758. The zero-order chi connectivity index (χ0) is 13.1. The maximum atomic E-state index is 12.2. The van der Waals surface area contributed by atoms with Gasteiger partial charge in [-0.2, -0.15) is 0 Å². The Balaban J connectivity index is 0.00000180. The van der Waals surface area contributed by atoms with E-state index in [1.54, 1.807) is 0 Å². The number of carbonyl (C=O) groups is 1. The van der Waals surface area contributed by atoms with Crippen molar-refractivity contribution in [3.63, 3.8) is 0 Å². The third-order valence-electron chi connectivity index (χ3n) is 3.62. The van der Waals surface area contributed by atoms with Crippen molar-refractivity contribution in [3.8, 4) is 0 Å². The van der Waals surface area contributed by atoms with Crippen molar-refractivity contribution >= 4 is 40.9 Å². The van der Waals surface area contributed by atoms with Gasteiger partial charge in [0.15, 0.2) is 0 Å². The molecule has 0 saturated heterocycles. The number of benzene rings is 1. The first-order valence-electron chi connectivity index (χ1n) is 6.39. The summed E-state index contributed by atoms with van der Waals surface area (Å²) in [5.74, 6) is 0.0477. The van der Waals surface area contributed by atoms with Crippen LogP contribution in [0.25, 0.3) is 0 Å².